The Morgan fingerprint density at radius 2 is 1.95 bits per heavy atom. The summed E-state index contributed by atoms with van der Waals surface area (Å²) in [6, 6.07) is 8.00. The molecule has 1 saturated carbocycles. The van der Waals surface area contributed by atoms with Crippen molar-refractivity contribution in [1.29, 1.82) is 0 Å². The molecule has 1 aromatic heterocycles. The second kappa shape index (κ2) is 5.94. The second-order valence-corrected chi connectivity index (χ2v) is 5.35. The van der Waals surface area contributed by atoms with Gasteiger partial charge in [0.1, 0.15) is 0 Å². The molecule has 1 heterocycles. The van der Waals surface area contributed by atoms with Gasteiger partial charge in [-0.15, -0.1) is 12.4 Å². The molecule has 20 heavy (non-hydrogen) atoms. The highest BCUT2D eigenvalue weighted by molar-refractivity contribution is 5.85. The number of rotatable bonds is 5. The molecule has 5 heteroatoms. The molecular formula is C15H20ClN3O. The van der Waals surface area contributed by atoms with Gasteiger partial charge in [-0.2, -0.15) is 4.98 Å². The van der Waals surface area contributed by atoms with Gasteiger partial charge in [0.05, 0.1) is 0 Å². The van der Waals surface area contributed by atoms with Crippen LogP contribution < -0.4 is 5.73 Å². The van der Waals surface area contributed by atoms with Gasteiger partial charge in [-0.3, -0.25) is 0 Å². The summed E-state index contributed by atoms with van der Waals surface area (Å²) in [7, 11) is 0. The van der Waals surface area contributed by atoms with E-state index in [-0.39, 0.29) is 17.8 Å². The highest BCUT2D eigenvalue weighted by Crippen LogP contribution is 2.51. The third kappa shape index (κ3) is 2.72. The highest BCUT2D eigenvalue weighted by atomic mass is 35.5. The maximum atomic E-state index is 5.59. The van der Waals surface area contributed by atoms with Crippen LogP contribution in [0.15, 0.2) is 28.8 Å². The van der Waals surface area contributed by atoms with Crippen molar-refractivity contribution >= 4 is 12.4 Å². The third-order valence-corrected chi connectivity index (χ3v) is 3.91. The summed E-state index contributed by atoms with van der Waals surface area (Å²) >= 11 is 0. The van der Waals surface area contributed by atoms with E-state index in [1.165, 1.54) is 12.8 Å². The van der Waals surface area contributed by atoms with Crippen LogP contribution in [0, 0.1) is 0 Å². The van der Waals surface area contributed by atoms with E-state index in [1.807, 2.05) is 24.3 Å². The Hall–Kier alpha value is -1.39. The minimum atomic E-state index is 0. The van der Waals surface area contributed by atoms with Crippen molar-refractivity contribution in [2.45, 2.75) is 44.6 Å². The molecule has 2 N–H and O–H groups in total. The normalized spacial score (nSPS) is 15.7. The van der Waals surface area contributed by atoms with Gasteiger partial charge in [0, 0.05) is 17.5 Å². The first kappa shape index (κ1) is 15.0. The van der Waals surface area contributed by atoms with Crippen LogP contribution in [0.25, 0.3) is 11.4 Å². The summed E-state index contributed by atoms with van der Waals surface area (Å²) in [6.45, 7) is 2.75. The van der Waals surface area contributed by atoms with E-state index in [1.54, 1.807) is 0 Å². The number of hydrogen-bond acceptors (Lipinski definition) is 4. The van der Waals surface area contributed by atoms with Crippen LogP contribution in [0.3, 0.4) is 0 Å². The average molecular weight is 294 g/mol. The monoisotopic (exact) mass is 293 g/mol. The zero-order valence-corrected chi connectivity index (χ0v) is 12.4. The van der Waals surface area contributed by atoms with E-state index in [4.69, 9.17) is 10.3 Å². The van der Waals surface area contributed by atoms with Crippen molar-refractivity contribution in [1.82, 2.24) is 10.1 Å². The van der Waals surface area contributed by atoms with E-state index in [2.05, 4.69) is 17.1 Å². The lowest BCUT2D eigenvalue weighted by atomic mass is 10.0. The van der Waals surface area contributed by atoms with Gasteiger partial charge in [-0.1, -0.05) is 42.8 Å². The van der Waals surface area contributed by atoms with Crippen molar-refractivity contribution in [3.8, 4) is 11.4 Å². The van der Waals surface area contributed by atoms with Crippen LogP contribution in [0.4, 0.5) is 0 Å². The summed E-state index contributed by atoms with van der Waals surface area (Å²) < 4.78 is 5.47. The fraction of sp³-hybridized carbons (Fsp3) is 0.467. The number of aromatic nitrogens is 2. The van der Waals surface area contributed by atoms with Crippen molar-refractivity contribution in [2.24, 2.45) is 5.73 Å². The lowest BCUT2D eigenvalue weighted by Crippen LogP contribution is -2.06. The SMILES string of the molecule is CCCC1(c2nc(-c3ccc(CN)cc3)no2)CC1.Cl. The fourth-order valence-electron chi connectivity index (χ4n) is 2.55. The predicted octanol–water partition coefficient (Wildman–Crippen LogP) is 3.45. The van der Waals surface area contributed by atoms with Crippen LogP contribution in [-0.4, -0.2) is 10.1 Å². The van der Waals surface area contributed by atoms with Crippen LogP contribution in [0.2, 0.25) is 0 Å². The summed E-state index contributed by atoms with van der Waals surface area (Å²) in [5.41, 5.74) is 7.86. The van der Waals surface area contributed by atoms with E-state index in [9.17, 15) is 0 Å². The lowest BCUT2D eigenvalue weighted by molar-refractivity contribution is 0.336. The first-order valence-corrected chi connectivity index (χ1v) is 6.91. The number of hydrogen-bond donors (Lipinski definition) is 1. The molecule has 0 radical (unpaired) electrons. The quantitative estimate of drug-likeness (QED) is 0.917. The molecule has 0 spiro atoms. The molecule has 1 aromatic carbocycles. The number of halogens is 1. The van der Waals surface area contributed by atoms with Gasteiger partial charge in [0.25, 0.3) is 0 Å². The minimum absolute atomic E-state index is 0. The standard InChI is InChI=1S/C15H19N3O.ClH/c1-2-7-15(8-9-15)14-17-13(18-19-14)12-5-3-11(10-16)4-6-12;/h3-6H,2,7-10,16H2,1H3;1H. The van der Waals surface area contributed by atoms with Crippen molar-refractivity contribution < 1.29 is 4.52 Å². The zero-order chi connectivity index (χ0) is 13.3. The number of benzene rings is 1. The van der Waals surface area contributed by atoms with Crippen LogP contribution in [0.5, 0.6) is 0 Å². The molecule has 1 aliphatic carbocycles. The van der Waals surface area contributed by atoms with E-state index in [0.717, 1.165) is 29.9 Å². The lowest BCUT2D eigenvalue weighted by Gasteiger charge is -2.06. The predicted molar refractivity (Wildman–Crippen MR) is 80.7 cm³/mol. The Kier molecular flexibility index (Phi) is 4.45. The van der Waals surface area contributed by atoms with Crippen LogP contribution >= 0.6 is 12.4 Å². The topological polar surface area (TPSA) is 64.9 Å². The molecule has 0 bridgehead atoms. The molecule has 0 amide bonds. The van der Waals surface area contributed by atoms with Gasteiger partial charge < -0.3 is 10.3 Å². The van der Waals surface area contributed by atoms with Gasteiger partial charge in [0.15, 0.2) is 0 Å². The molecule has 1 fully saturated rings. The summed E-state index contributed by atoms with van der Waals surface area (Å²) in [4.78, 5) is 4.58. The van der Waals surface area contributed by atoms with Gasteiger partial charge >= 0.3 is 0 Å². The third-order valence-electron chi connectivity index (χ3n) is 3.91. The van der Waals surface area contributed by atoms with E-state index < -0.39 is 0 Å². The van der Waals surface area contributed by atoms with Crippen molar-refractivity contribution in [2.75, 3.05) is 0 Å². The van der Waals surface area contributed by atoms with Gasteiger partial charge in [-0.05, 0) is 24.8 Å². The fourth-order valence-corrected chi connectivity index (χ4v) is 2.55. The van der Waals surface area contributed by atoms with Crippen molar-refractivity contribution in [3.63, 3.8) is 0 Å². The molecule has 2 aromatic rings. The Morgan fingerprint density at radius 1 is 1.25 bits per heavy atom. The largest absolute Gasteiger partial charge is 0.338 e. The maximum Gasteiger partial charge on any atom is 0.233 e. The molecule has 0 aliphatic heterocycles. The number of nitrogens with two attached hydrogens (primary N) is 1. The van der Waals surface area contributed by atoms with Crippen LogP contribution in [-0.2, 0) is 12.0 Å². The van der Waals surface area contributed by atoms with Gasteiger partial charge in [0.2, 0.25) is 11.7 Å². The smallest absolute Gasteiger partial charge is 0.233 e. The molecule has 0 atom stereocenters. The maximum absolute atomic E-state index is 5.59. The summed E-state index contributed by atoms with van der Waals surface area (Å²) in [6.07, 6.45) is 4.65. The van der Waals surface area contributed by atoms with Gasteiger partial charge in [-0.25, -0.2) is 0 Å². The summed E-state index contributed by atoms with van der Waals surface area (Å²) in [5.74, 6) is 1.49. The highest BCUT2D eigenvalue weighted by Gasteiger charge is 2.48. The molecule has 4 nitrogen and oxygen atoms in total. The number of nitrogens with zero attached hydrogens (tertiary/aromatic N) is 2. The Balaban J connectivity index is 0.00000147. The molecule has 3 rings (SSSR count). The Morgan fingerprint density at radius 3 is 2.50 bits per heavy atom. The summed E-state index contributed by atoms with van der Waals surface area (Å²) in [5, 5.41) is 4.11. The van der Waals surface area contributed by atoms with E-state index >= 15 is 0 Å². The van der Waals surface area contributed by atoms with Crippen molar-refractivity contribution in [3.05, 3.63) is 35.7 Å². The molecule has 1 aliphatic rings. The molecule has 0 saturated heterocycles. The Bertz CT molecular complexity index is 561. The molecule has 0 unspecified atom stereocenters. The van der Waals surface area contributed by atoms with Crippen LogP contribution in [0.1, 0.15) is 44.1 Å². The molecule has 108 valence electrons. The van der Waals surface area contributed by atoms with E-state index in [0.29, 0.717) is 12.4 Å². The zero-order valence-electron chi connectivity index (χ0n) is 11.6. The first-order chi connectivity index (χ1) is 9.27. The molecular weight excluding hydrogens is 274 g/mol. The Labute approximate surface area is 125 Å². The minimum Gasteiger partial charge on any atom is -0.338 e. The second-order valence-electron chi connectivity index (χ2n) is 5.35. The average Bonchev–Trinajstić information content (AvgIpc) is 3.05. The first-order valence-electron chi connectivity index (χ1n) is 6.91.